The molecule has 4 nitrogen and oxygen atoms in total. The number of amides is 1. The molecular formula is C12H18FN3O. The van der Waals surface area contributed by atoms with Gasteiger partial charge < -0.3 is 16.4 Å². The van der Waals surface area contributed by atoms with Gasteiger partial charge in [-0.25, -0.2) is 4.39 Å². The fraction of sp³-hybridized carbons (Fsp3) is 0.417. The number of nitrogens with one attached hydrogen (secondary N) is 2. The van der Waals surface area contributed by atoms with E-state index in [2.05, 4.69) is 10.6 Å². The molecule has 1 aromatic rings. The first kappa shape index (κ1) is 13.3. The van der Waals surface area contributed by atoms with Gasteiger partial charge >= 0.3 is 0 Å². The number of hydrogen-bond donors (Lipinski definition) is 3. The predicted molar refractivity (Wildman–Crippen MR) is 67.2 cm³/mol. The average molecular weight is 239 g/mol. The Kier molecular flexibility index (Phi) is 4.31. The first-order valence-electron chi connectivity index (χ1n) is 5.52. The molecule has 1 rings (SSSR count). The molecule has 0 fully saturated rings. The summed E-state index contributed by atoms with van der Waals surface area (Å²) in [7, 11) is 0. The molecule has 0 saturated heterocycles. The Morgan fingerprint density at radius 3 is 2.53 bits per heavy atom. The van der Waals surface area contributed by atoms with Crippen molar-refractivity contribution in [2.45, 2.75) is 32.9 Å². The van der Waals surface area contributed by atoms with Crippen LogP contribution in [0.3, 0.4) is 0 Å². The lowest BCUT2D eigenvalue weighted by Crippen LogP contribution is -2.41. The molecule has 0 radical (unpaired) electrons. The number of rotatable bonds is 4. The number of halogens is 1. The first-order chi connectivity index (χ1) is 7.90. The molecule has 0 aliphatic carbocycles. The van der Waals surface area contributed by atoms with Crippen molar-refractivity contribution < 1.29 is 9.18 Å². The minimum Gasteiger partial charge on any atom is -0.399 e. The van der Waals surface area contributed by atoms with Crippen molar-refractivity contribution in [1.29, 1.82) is 0 Å². The van der Waals surface area contributed by atoms with Crippen molar-refractivity contribution >= 4 is 17.3 Å². The predicted octanol–water partition coefficient (Wildman–Crippen LogP) is 1.73. The van der Waals surface area contributed by atoms with Gasteiger partial charge in [0.05, 0.1) is 5.69 Å². The largest absolute Gasteiger partial charge is 0.399 e. The number of carbonyl (C=O) groups is 1. The Morgan fingerprint density at radius 1 is 1.35 bits per heavy atom. The van der Waals surface area contributed by atoms with Crippen molar-refractivity contribution in [2.75, 3.05) is 11.1 Å². The molecule has 4 N–H and O–H groups in total. The number of carbonyl (C=O) groups excluding carboxylic acids is 1. The second-order valence-electron chi connectivity index (χ2n) is 4.27. The Hall–Kier alpha value is -1.78. The fourth-order valence-corrected chi connectivity index (χ4v) is 1.36. The summed E-state index contributed by atoms with van der Waals surface area (Å²) in [5.41, 5.74) is 6.06. The molecule has 5 heteroatoms. The highest BCUT2D eigenvalue weighted by molar-refractivity contribution is 5.84. The second-order valence-corrected chi connectivity index (χ2v) is 4.27. The van der Waals surface area contributed by atoms with Crippen LogP contribution in [0, 0.1) is 5.82 Å². The van der Waals surface area contributed by atoms with Crippen molar-refractivity contribution in [3.05, 3.63) is 24.0 Å². The summed E-state index contributed by atoms with van der Waals surface area (Å²) in [6.45, 7) is 5.41. The van der Waals surface area contributed by atoms with Crippen LogP contribution in [0.25, 0.3) is 0 Å². The second kappa shape index (κ2) is 5.52. The van der Waals surface area contributed by atoms with Crippen LogP contribution in [-0.4, -0.2) is 18.0 Å². The van der Waals surface area contributed by atoms with Gasteiger partial charge in [0.1, 0.15) is 11.9 Å². The Morgan fingerprint density at radius 2 is 2.00 bits per heavy atom. The Labute approximate surface area is 100 Å². The smallest absolute Gasteiger partial charge is 0.242 e. The molecule has 1 unspecified atom stereocenters. The lowest BCUT2D eigenvalue weighted by Gasteiger charge is -2.17. The van der Waals surface area contributed by atoms with E-state index in [9.17, 15) is 9.18 Å². The number of benzene rings is 1. The Bertz CT molecular complexity index is 407. The van der Waals surface area contributed by atoms with Crippen LogP contribution in [0.1, 0.15) is 20.8 Å². The minimum absolute atomic E-state index is 0.0583. The quantitative estimate of drug-likeness (QED) is 0.701. The van der Waals surface area contributed by atoms with E-state index < -0.39 is 11.9 Å². The number of anilines is 2. The maximum Gasteiger partial charge on any atom is 0.242 e. The zero-order chi connectivity index (χ0) is 13.0. The van der Waals surface area contributed by atoms with E-state index in [0.29, 0.717) is 5.69 Å². The van der Waals surface area contributed by atoms with Crippen LogP contribution in [0.2, 0.25) is 0 Å². The maximum absolute atomic E-state index is 13.5. The SMILES string of the molecule is CC(C)NC(=O)C(C)Nc1ccc(N)cc1F. The topological polar surface area (TPSA) is 67.2 Å². The molecule has 0 aromatic heterocycles. The number of nitrogens with two attached hydrogens (primary N) is 1. The first-order valence-corrected chi connectivity index (χ1v) is 5.52. The third-order valence-electron chi connectivity index (χ3n) is 2.19. The van der Waals surface area contributed by atoms with Gasteiger partial charge in [-0.15, -0.1) is 0 Å². The normalized spacial score (nSPS) is 12.3. The van der Waals surface area contributed by atoms with Gasteiger partial charge in [0, 0.05) is 11.7 Å². The third-order valence-corrected chi connectivity index (χ3v) is 2.19. The van der Waals surface area contributed by atoms with E-state index >= 15 is 0 Å². The molecule has 0 bridgehead atoms. The molecule has 0 heterocycles. The van der Waals surface area contributed by atoms with Gasteiger partial charge in [-0.05, 0) is 39.0 Å². The minimum atomic E-state index is -0.504. The van der Waals surface area contributed by atoms with E-state index in [1.54, 1.807) is 13.0 Å². The van der Waals surface area contributed by atoms with Gasteiger partial charge in [-0.2, -0.15) is 0 Å². The standard InChI is InChI=1S/C12H18FN3O/c1-7(2)15-12(17)8(3)16-11-5-4-9(14)6-10(11)13/h4-8,16H,14H2,1-3H3,(H,15,17). The summed E-state index contributed by atoms with van der Waals surface area (Å²) in [6, 6.07) is 3.87. The van der Waals surface area contributed by atoms with Gasteiger partial charge in [0.2, 0.25) is 5.91 Å². The molecule has 1 amide bonds. The monoisotopic (exact) mass is 239 g/mol. The lowest BCUT2D eigenvalue weighted by molar-refractivity contribution is -0.122. The maximum atomic E-state index is 13.5. The van der Waals surface area contributed by atoms with Gasteiger partial charge in [0.15, 0.2) is 0 Å². The summed E-state index contributed by atoms with van der Waals surface area (Å²) in [6.07, 6.45) is 0. The van der Waals surface area contributed by atoms with Crippen molar-refractivity contribution in [1.82, 2.24) is 5.32 Å². The Balaban J connectivity index is 2.67. The highest BCUT2D eigenvalue weighted by Gasteiger charge is 2.14. The zero-order valence-electron chi connectivity index (χ0n) is 10.3. The highest BCUT2D eigenvalue weighted by Crippen LogP contribution is 2.17. The van der Waals surface area contributed by atoms with Crippen LogP contribution < -0.4 is 16.4 Å². The molecule has 94 valence electrons. The molecule has 0 spiro atoms. The fourth-order valence-electron chi connectivity index (χ4n) is 1.36. The summed E-state index contributed by atoms with van der Waals surface area (Å²) < 4.78 is 13.5. The summed E-state index contributed by atoms with van der Waals surface area (Å²) in [4.78, 5) is 11.6. The molecule has 0 aliphatic heterocycles. The van der Waals surface area contributed by atoms with Crippen LogP contribution in [0.4, 0.5) is 15.8 Å². The van der Waals surface area contributed by atoms with Gasteiger partial charge in [-0.1, -0.05) is 0 Å². The van der Waals surface area contributed by atoms with Crippen LogP contribution in [-0.2, 0) is 4.79 Å². The molecule has 1 atom stereocenters. The van der Waals surface area contributed by atoms with Gasteiger partial charge in [0.25, 0.3) is 0 Å². The van der Waals surface area contributed by atoms with Crippen LogP contribution in [0.15, 0.2) is 18.2 Å². The van der Waals surface area contributed by atoms with E-state index in [4.69, 9.17) is 5.73 Å². The summed E-state index contributed by atoms with van der Waals surface area (Å²) >= 11 is 0. The molecule has 1 aromatic carbocycles. The summed E-state index contributed by atoms with van der Waals surface area (Å²) in [5, 5.41) is 5.54. The molecule has 17 heavy (non-hydrogen) atoms. The summed E-state index contributed by atoms with van der Waals surface area (Å²) in [5.74, 6) is -0.634. The average Bonchev–Trinajstić information content (AvgIpc) is 2.21. The van der Waals surface area contributed by atoms with E-state index in [0.717, 1.165) is 0 Å². The highest BCUT2D eigenvalue weighted by atomic mass is 19.1. The van der Waals surface area contributed by atoms with Crippen LogP contribution in [0.5, 0.6) is 0 Å². The number of nitrogen functional groups attached to an aromatic ring is 1. The third kappa shape index (κ3) is 3.94. The van der Waals surface area contributed by atoms with Crippen molar-refractivity contribution in [2.24, 2.45) is 0 Å². The van der Waals surface area contributed by atoms with Crippen molar-refractivity contribution in [3.8, 4) is 0 Å². The van der Waals surface area contributed by atoms with E-state index in [-0.39, 0.29) is 17.6 Å². The van der Waals surface area contributed by atoms with E-state index in [1.165, 1.54) is 12.1 Å². The molecule has 0 aliphatic rings. The van der Waals surface area contributed by atoms with Crippen LogP contribution >= 0.6 is 0 Å². The molecule has 0 saturated carbocycles. The molecular weight excluding hydrogens is 221 g/mol. The lowest BCUT2D eigenvalue weighted by atomic mass is 10.2. The van der Waals surface area contributed by atoms with Gasteiger partial charge in [-0.3, -0.25) is 4.79 Å². The number of hydrogen-bond acceptors (Lipinski definition) is 3. The van der Waals surface area contributed by atoms with Crippen molar-refractivity contribution in [3.63, 3.8) is 0 Å². The van der Waals surface area contributed by atoms with E-state index in [1.807, 2.05) is 13.8 Å². The zero-order valence-corrected chi connectivity index (χ0v) is 10.3.